The van der Waals surface area contributed by atoms with Crippen LogP contribution in [0.25, 0.3) is 0 Å². The van der Waals surface area contributed by atoms with Crippen molar-refractivity contribution in [2.24, 2.45) is 5.92 Å². The summed E-state index contributed by atoms with van der Waals surface area (Å²) < 4.78 is 5.48. The van der Waals surface area contributed by atoms with Crippen molar-refractivity contribution in [1.29, 1.82) is 0 Å². The summed E-state index contributed by atoms with van der Waals surface area (Å²) in [5.41, 5.74) is 0.948. The van der Waals surface area contributed by atoms with Crippen LogP contribution in [0.4, 0.5) is 0 Å². The third-order valence-corrected chi connectivity index (χ3v) is 2.62. The van der Waals surface area contributed by atoms with Gasteiger partial charge in [-0.25, -0.2) is 0 Å². The summed E-state index contributed by atoms with van der Waals surface area (Å²) in [5, 5.41) is 0. The summed E-state index contributed by atoms with van der Waals surface area (Å²) in [5.74, 6) is 0.333. The monoisotopic (exact) mass is 196 g/mol. The molecule has 0 amide bonds. The Bertz CT molecular complexity index is 255. The number of allylic oxidation sites excluding steroid dienone is 1. The van der Waals surface area contributed by atoms with E-state index in [-0.39, 0.29) is 17.8 Å². The van der Waals surface area contributed by atoms with Crippen LogP contribution in [-0.4, -0.2) is 24.8 Å². The fourth-order valence-electron chi connectivity index (χ4n) is 1.90. The van der Waals surface area contributed by atoms with Crippen molar-refractivity contribution >= 4 is 12.1 Å². The number of ketones is 1. The summed E-state index contributed by atoms with van der Waals surface area (Å²) in [7, 11) is 0. The molecule has 2 unspecified atom stereocenters. The zero-order valence-corrected chi connectivity index (χ0v) is 8.66. The van der Waals surface area contributed by atoms with Gasteiger partial charge in [-0.05, 0) is 19.9 Å². The van der Waals surface area contributed by atoms with Crippen molar-refractivity contribution in [2.75, 3.05) is 6.61 Å². The number of aldehydes is 1. The lowest BCUT2D eigenvalue weighted by Crippen LogP contribution is -2.19. The van der Waals surface area contributed by atoms with Gasteiger partial charge in [0, 0.05) is 25.4 Å². The molecule has 78 valence electrons. The van der Waals surface area contributed by atoms with Crippen LogP contribution in [0, 0.1) is 5.92 Å². The summed E-state index contributed by atoms with van der Waals surface area (Å²) >= 11 is 0. The molecule has 1 saturated carbocycles. The summed E-state index contributed by atoms with van der Waals surface area (Å²) in [4.78, 5) is 21.6. The highest BCUT2D eigenvalue weighted by atomic mass is 16.5. The minimum atomic E-state index is -0.0244. The van der Waals surface area contributed by atoms with Crippen LogP contribution in [0.5, 0.6) is 0 Å². The van der Waals surface area contributed by atoms with Crippen molar-refractivity contribution in [3.05, 3.63) is 11.6 Å². The molecule has 0 N–H and O–H groups in total. The first-order valence-electron chi connectivity index (χ1n) is 4.94. The molecule has 1 aliphatic carbocycles. The first-order chi connectivity index (χ1) is 6.69. The molecule has 3 heteroatoms. The fourth-order valence-corrected chi connectivity index (χ4v) is 1.90. The molecule has 0 aromatic rings. The van der Waals surface area contributed by atoms with Crippen LogP contribution < -0.4 is 0 Å². The number of rotatable bonds is 4. The summed E-state index contributed by atoms with van der Waals surface area (Å²) in [6.07, 6.45) is 3.27. The van der Waals surface area contributed by atoms with Gasteiger partial charge in [0.1, 0.15) is 12.1 Å². The Hall–Kier alpha value is -0.960. The van der Waals surface area contributed by atoms with Gasteiger partial charge in [0.15, 0.2) is 0 Å². The molecule has 0 aromatic heterocycles. The van der Waals surface area contributed by atoms with Gasteiger partial charge >= 0.3 is 0 Å². The lowest BCUT2D eigenvalue weighted by atomic mass is 9.96. The molecular formula is C11H16O3. The minimum Gasteiger partial charge on any atom is -0.377 e. The predicted molar refractivity (Wildman–Crippen MR) is 53.0 cm³/mol. The van der Waals surface area contributed by atoms with E-state index in [1.807, 2.05) is 13.8 Å². The third kappa shape index (κ3) is 2.51. The van der Waals surface area contributed by atoms with Gasteiger partial charge < -0.3 is 4.74 Å². The maximum Gasteiger partial charge on any atom is 0.142 e. The zero-order valence-electron chi connectivity index (χ0n) is 8.66. The van der Waals surface area contributed by atoms with Crippen LogP contribution in [0.2, 0.25) is 0 Å². The Morgan fingerprint density at radius 1 is 1.57 bits per heavy atom. The normalized spacial score (nSPS) is 28.1. The molecule has 14 heavy (non-hydrogen) atoms. The van der Waals surface area contributed by atoms with Crippen LogP contribution >= 0.6 is 0 Å². The van der Waals surface area contributed by atoms with E-state index in [9.17, 15) is 9.59 Å². The van der Waals surface area contributed by atoms with Gasteiger partial charge in [0.25, 0.3) is 0 Å². The quantitative estimate of drug-likeness (QED) is 0.505. The summed E-state index contributed by atoms with van der Waals surface area (Å²) in [6, 6.07) is 0. The molecule has 1 rings (SSSR count). The van der Waals surface area contributed by atoms with Crippen molar-refractivity contribution < 1.29 is 14.3 Å². The molecule has 3 nitrogen and oxygen atoms in total. The lowest BCUT2D eigenvalue weighted by molar-refractivity contribution is -0.118. The average molecular weight is 196 g/mol. The fraction of sp³-hybridized carbons (Fsp3) is 0.636. The molecule has 0 aromatic carbocycles. The van der Waals surface area contributed by atoms with E-state index in [4.69, 9.17) is 4.74 Å². The Balaban J connectivity index is 2.70. The van der Waals surface area contributed by atoms with E-state index in [1.54, 1.807) is 0 Å². The highest BCUT2D eigenvalue weighted by Gasteiger charge is 2.34. The predicted octanol–water partition coefficient (Wildman–Crippen LogP) is 1.52. The number of carbonyl (C=O) groups is 2. The lowest BCUT2D eigenvalue weighted by Gasteiger charge is -2.18. The van der Waals surface area contributed by atoms with Gasteiger partial charge in [-0.3, -0.25) is 9.59 Å². The molecule has 0 radical (unpaired) electrons. The SMILES string of the molecule is CCOC1CC(=O)CC1C(C)=CC=O. The van der Waals surface area contributed by atoms with Crippen LogP contribution in [0.3, 0.4) is 0 Å². The smallest absolute Gasteiger partial charge is 0.142 e. The van der Waals surface area contributed by atoms with E-state index in [0.717, 1.165) is 11.9 Å². The molecule has 2 atom stereocenters. The first-order valence-corrected chi connectivity index (χ1v) is 4.94. The second kappa shape index (κ2) is 5.05. The van der Waals surface area contributed by atoms with Gasteiger partial charge in [-0.15, -0.1) is 0 Å². The van der Waals surface area contributed by atoms with E-state index in [0.29, 0.717) is 19.4 Å². The van der Waals surface area contributed by atoms with Crippen molar-refractivity contribution in [3.8, 4) is 0 Å². The number of carbonyl (C=O) groups excluding carboxylic acids is 2. The molecular weight excluding hydrogens is 180 g/mol. The Morgan fingerprint density at radius 2 is 2.29 bits per heavy atom. The second-order valence-corrected chi connectivity index (χ2v) is 3.59. The minimum absolute atomic E-state index is 0.0244. The Kier molecular flexibility index (Phi) is 4.01. The van der Waals surface area contributed by atoms with Crippen LogP contribution in [0.15, 0.2) is 11.6 Å². The largest absolute Gasteiger partial charge is 0.377 e. The van der Waals surface area contributed by atoms with Gasteiger partial charge in [-0.1, -0.05) is 5.57 Å². The highest BCUT2D eigenvalue weighted by Crippen LogP contribution is 2.31. The topological polar surface area (TPSA) is 43.4 Å². The van der Waals surface area contributed by atoms with E-state index in [2.05, 4.69) is 0 Å². The Labute approximate surface area is 84.1 Å². The molecule has 0 spiro atoms. The van der Waals surface area contributed by atoms with Gasteiger partial charge in [0.05, 0.1) is 6.10 Å². The molecule has 1 aliphatic rings. The zero-order chi connectivity index (χ0) is 10.6. The highest BCUT2D eigenvalue weighted by molar-refractivity contribution is 5.82. The first kappa shape index (κ1) is 11.1. The van der Waals surface area contributed by atoms with E-state index >= 15 is 0 Å². The molecule has 0 saturated heterocycles. The molecule has 1 fully saturated rings. The number of hydrogen-bond donors (Lipinski definition) is 0. The van der Waals surface area contributed by atoms with E-state index < -0.39 is 0 Å². The number of ether oxygens (including phenoxy) is 1. The van der Waals surface area contributed by atoms with E-state index in [1.165, 1.54) is 6.08 Å². The Morgan fingerprint density at radius 3 is 2.86 bits per heavy atom. The van der Waals surface area contributed by atoms with Crippen molar-refractivity contribution in [1.82, 2.24) is 0 Å². The standard InChI is InChI=1S/C11H16O3/c1-3-14-11-7-9(13)6-10(11)8(2)4-5-12/h4-5,10-11H,3,6-7H2,1-2H3. The molecule has 0 aliphatic heterocycles. The molecule has 0 heterocycles. The maximum absolute atomic E-state index is 11.3. The summed E-state index contributed by atoms with van der Waals surface area (Å²) in [6.45, 7) is 4.41. The molecule has 0 bridgehead atoms. The maximum atomic E-state index is 11.3. The number of hydrogen-bond acceptors (Lipinski definition) is 3. The third-order valence-electron chi connectivity index (χ3n) is 2.62. The number of Topliss-reactive ketones (excluding diaryl/α,β-unsaturated/α-hetero) is 1. The second-order valence-electron chi connectivity index (χ2n) is 3.59. The van der Waals surface area contributed by atoms with Crippen molar-refractivity contribution in [3.63, 3.8) is 0 Å². The van der Waals surface area contributed by atoms with Crippen molar-refractivity contribution in [2.45, 2.75) is 32.8 Å². The van der Waals surface area contributed by atoms with Crippen LogP contribution in [0.1, 0.15) is 26.7 Å². The van der Waals surface area contributed by atoms with Crippen LogP contribution in [-0.2, 0) is 14.3 Å². The van der Waals surface area contributed by atoms with Gasteiger partial charge in [-0.2, -0.15) is 0 Å². The van der Waals surface area contributed by atoms with Gasteiger partial charge in [0.2, 0.25) is 0 Å². The average Bonchev–Trinajstić information content (AvgIpc) is 2.48.